The van der Waals surface area contributed by atoms with Gasteiger partial charge >= 0.3 is 0 Å². The molecule has 208 valence electrons. The Morgan fingerprint density at radius 1 is 1.02 bits per heavy atom. The molecule has 10 heteroatoms. The van der Waals surface area contributed by atoms with Crippen LogP contribution in [0.5, 0.6) is 5.75 Å². The monoisotopic (exact) mass is 578 g/mol. The number of methoxy groups -OCH3 is 1. The lowest BCUT2D eigenvalue weighted by Gasteiger charge is -2.25. The molecule has 40 heavy (non-hydrogen) atoms. The predicted molar refractivity (Wildman–Crippen MR) is 159 cm³/mol. The van der Waals surface area contributed by atoms with E-state index in [1.54, 1.807) is 36.5 Å². The van der Waals surface area contributed by atoms with Crippen LogP contribution in [0.1, 0.15) is 28.1 Å². The Hall–Kier alpha value is -4.08. The molecule has 3 aromatic carbocycles. The van der Waals surface area contributed by atoms with Gasteiger partial charge in [-0.05, 0) is 75.7 Å². The molecule has 1 N–H and O–H groups in total. The van der Waals surface area contributed by atoms with E-state index in [9.17, 15) is 13.2 Å². The van der Waals surface area contributed by atoms with Gasteiger partial charge < -0.3 is 9.30 Å². The molecule has 0 saturated heterocycles. The molecule has 0 saturated carbocycles. The van der Waals surface area contributed by atoms with E-state index in [-0.39, 0.29) is 16.3 Å². The first kappa shape index (κ1) is 28.9. The Bertz CT molecular complexity index is 1680. The molecule has 0 aliphatic rings. The van der Waals surface area contributed by atoms with Crippen molar-refractivity contribution in [2.24, 2.45) is 5.10 Å². The second kappa shape index (κ2) is 12.0. The number of sulfonamides is 1. The third kappa shape index (κ3) is 6.05. The van der Waals surface area contributed by atoms with Crippen LogP contribution in [0, 0.1) is 27.7 Å². The quantitative estimate of drug-likeness (QED) is 0.203. The molecule has 1 amide bonds. The van der Waals surface area contributed by atoms with Gasteiger partial charge in [-0.2, -0.15) is 5.10 Å². The Morgan fingerprint density at radius 3 is 2.42 bits per heavy atom. The van der Waals surface area contributed by atoms with Gasteiger partial charge in [-0.1, -0.05) is 47.5 Å². The number of benzene rings is 3. The summed E-state index contributed by atoms with van der Waals surface area (Å²) in [6, 6.07) is 20.7. The van der Waals surface area contributed by atoms with E-state index in [0.29, 0.717) is 5.02 Å². The maximum absolute atomic E-state index is 13.6. The van der Waals surface area contributed by atoms with Crippen molar-refractivity contribution in [3.05, 3.63) is 106 Å². The standard InChI is InChI=1S/C30H31ClN4O4S/c1-20-11-13-27(21(2)15-20)35-22(3)16-24(23(35)4)18-32-33-30(36)19-34(28-17-25(31)12-14-29(28)39-5)40(37,38)26-9-7-6-8-10-26/h6-18H,19H2,1-5H3,(H,33,36)/b32-18-. The number of nitrogens with zero attached hydrogens (tertiary/aromatic N) is 3. The maximum atomic E-state index is 13.6. The fraction of sp³-hybridized carbons (Fsp3) is 0.200. The van der Waals surface area contributed by atoms with Gasteiger partial charge in [0.15, 0.2) is 0 Å². The van der Waals surface area contributed by atoms with Crippen LogP contribution in [0.25, 0.3) is 5.69 Å². The highest BCUT2D eigenvalue weighted by atomic mass is 35.5. The molecule has 4 aromatic rings. The third-order valence-corrected chi connectivity index (χ3v) is 8.49. The number of hydrazone groups is 1. The fourth-order valence-corrected chi connectivity index (χ4v) is 6.17. The Kier molecular flexibility index (Phi) is 8.66. The van der Waals surface area contributed by atoms with Crippen LogP contribution in [0.4, 0.5) is 5.69 Å². The zero-order chi connectivity index (χ0) is 29.0. The molecule has 1 heterocycles. The molecule has 0 unspecified atom stereocenters. The number of ether oxygens (including phenoxy) is 1. The largest absolute Gasteiger partial charge is 0.495 e. The molecular weight excluding hydrogens is 548 g/mol. The maximum Gasteiger partial charge on any atom is 0.264 e. The first-order valence-corrected chi connectivity index (χ1v) is 14.3. The number of aryl methyl sites for hydroxylation is 3. The molecule has 0 bridgehead atoms. The van der Waals surface area contributed by atoms with Crippen molar-refractivity contribution in [1.82, 2.24) is 9.99 Å². The van der Waals surface area contributed by atoms with E-state index in [1.807, 2.05) is 19.9 Å². The number of nitrogens with one attached hydrogen (secondary N) is 1. The number of hydrogen-bond acceptors (Lipinski definition) is 5. The number of rotatable bonds is 9. The summed E-state index contributed by atoms with van der Waals surface area (Å²) in [6.07, 6.45) is 1.55. The van der Waals surface area contributed by atoms with Gasteiger partial charge in [0.1, 0.15) is 12.3 Å². The number of halogens is 1. The van der Waals surface area contributed by atoms with E-state index in [0.717, 1.165) is 32.5 Å². The second-order valence-electron chi connectivity index (χ2n) is 9.39. The smallest absolute Gasteiger partial charge is 0.264 e. The summed E-state index contributed by atoms with van der Waals surface area (Å²) in [4.78, 5) is 13.0. The number of aromatic nitrogens is 1. The van der Waals surface area contributed by atoms with E-state index >= 15 is 0 Å². The van der Waals surface area contributed by atoms with Crippen LogP contribution in [0.15, 0.2) is 82.8 Å². The SMILES string of the molecule is COc1ccc(Cl)cc1N(CC(=O)N/N=C\c1cc(C)n(-c2ccc(C)cc2C)c1C)S(=O)(=O)c1ccccc1. The summed E-state index contributed by atoms with van der Waals surface area (Å²) in [5, 5.41) is 4.43. The number of hydrogen-bond donors (Lipinski definition) is 1. The first-order valence-electron chi connectivity index (χ1n) is 12.5. The van der Waals surface area contributed by atoms with Crippen molar-refractivity contribution >= 4 is 39.4 Å². The van der Waals surface area contributed by atoms with Crippen molar-refractivity contribution < 1.29 is 17.9 Å². The van der Waals surface area contributed by atoms with Crippen LogP contribution in [0.2, 0.25) is 5.02 Å². The average Bonchev–Trinajstić information content (AvgIpc) is 3.20. The highest BCUT2D eigenvalue weighted by molar-refractivity contribution is 7.92. The zero-order valence-electron chi connectivity index (χ0n) is 23.0. The second-order valence-corrected chi connectivity index (χ2v) is 11.7. The van der Waals surface area contributed by atoms with Gasteiger partial charge in [-0.3, -0.25) is 9.10 Å². The molecule has 8 nitrogen and oxygen atoms in total. The zero-order valence-corrected chi connectivity index (χ0v) is 24.5. The van der Waals surface area contributed by atoms with E-state index in [1.165, 1.54) is 30.9 Å². The number of amides is 1. The fourth-order valence-electron chi connectivity index (χ4n) is 4.56. The van der Waals surface area contributed by atoms with Crippen molar-refractivity contribution in [2.45, 2.75) is 32.6 Å². The summed E-state index contributed by atoms with van der Waals surface area (Å²) in [6.45, 7) is 7.57. The summed E-state index contributed by atoms with van der Waals surface area (Å²) >= 11 is 6.19. The molecule has 0 spiro atoms. The Balaban J connectivity index is 1.60. The van der Waals surface area contributed by atoms with E-state index in [4.69, 9.17) is 16.3 Å². The molecule has 1 aromatic heterocycles. The molecule has 0 atom stereocenters. The molecule has 0 fully saturated rings. The number of carbonyl (C=O) groups excluding carboxylic acids is 1. The third-order valence-electron chi connectivity index (χ3n) is 6.48. The lowest BCUT2D eigenvalue weighted by molar-refractivity contribution is -0.119. The first-order chi connectivity index (χ1) is 19.0. The van der Waals surface area contributed by atoms with Crippen molar-refractivity contribution in [1.29, 1.82) is 0 Å². The summed E-state index contributed by atoms with van der Waals surface area (Å²) in [7, 11) is -2.73. The van der Waals surface area contributed by atoms with Crippen LogP contribution in [-0.4, -0.2) is 38.8 Å². The highest BCUT2D eigenvalue weighted by Gasteiger charge is 2.29. The van der Waals surface area contributed by atoms with E-state index in [2.05, 4.69) is 47.1 Å². The lowest BCUT2D eigenvalue weighted by Crippen LogP contribution is -2.39. The van der Waals surface area contributed by atoms with Gasteiger partial charge in [-0.15, -0.1) is 0 Å². The molecule has 0 radical (unpaired) electrons. The molecule has 0 aliphatic carbocycles. The van der Waals surface area contributed by atoms with Gasteiger partial charge in [0.2, 0.25) is 0 Å². The summed E-state index contributed by atoms with van der Waals surface area (Å²) < 4.78 is 35.7. The lowest BCUT2D eigenvalue weighted by atomic mass is 10.1. The van der Waals surface area contributed by atoms with Gasteiger partial charge in [0.05, 0.1) is 23.9 Å². The molecule has 4 rings (SSSR count). The minimum Gasteiger partial charge on any atom is -0.495 e. The highest BCUT2D eigenvalue weighted by Crippen LogP contribution is 2.34. The van der Waals surface area contributed by atoms with Gasteiger partial charge in [-0.25, -0.2) is 13.8 Å². The van der Waals surface area contributed by atoms with Crippen LogP contribution < -0.4 is 14.5 Å². The summed E-state index contributed by atoms with van der Waals surface area (Å²) in [5.41, 5.74) is 8.80. The van der Waals surface area contributed by atoms with Crippen molar-refractivity contribution in [2.75, 3.05) is 18.0 Å². The number of anilines is 1. The minimum atomic E-state index is -4.14. The van der Waals surface area contributed by atoms with Gasteiger partial charge in [0.25, 0.3) is 15.9 Å². The van der Waals surface area contributed by atoms with Crippen LogP contribution >= 0.6 is 11.6 Å². The van der Waals surface area contributed by atoms with E-state index < -0.39 is 22.5 Å². The Morgan fingerprint density at radius 2 is 1.75 bits per heavy atom. The predicted octanol–water partition coefficient (Wildman–Crippen LogP) is 5.72. The van der Waals surface area contributed by atoms with Crippen molar-refractivity contribution in [3.63, 3.8) is 0 Å². The molecular formula is C30H31ClN4O4S. The topological polar surface area (TPSA) is 93.0 Å². The number of carbonyl (C=O) groups is 1. The van der Waals surface area contributed by atoms with Gasteiger partial charge in [0, 0.05) is 27.7 Å². The summed E-state index contributed by atoms with van der Waals surface area (Å²) in [5.74, 6) is -0.389. The van der Waals surface area contributed by atoms with Crippen molar-refractivity contribution in [3.8, 4) is 11.4 Å². The Labute approximate surface area is 239 Å². The minimum absolute atomic E-state index is 0.0205. The van der Waals surface area contributed by atoms with Crippen LogP contribution in [0.3, 0.4) is 0 Å². The van der Waals surface area contributed by atoms with Crippen LogP contribution in [-0.2, 0) is 14.8 Å². The normalized spacial score (nSPS) is 11.6. The average molecular weight is 579 g/mol. The molecule has 0 aliphatic heterocycles.